The van der Waals surface area contributed by atoms with Crippen molar-refractivity contribution in [3.8, 4) is 0 Å². The molecule has 2 heterocycles. The maximum atomic E-state index is 12.3. The van der Waals surface area contributed by atoms with Crippen LogP contribution in [0, 0.1) is 5.92 Å². The van der Waals surface area contributed by atoms with Gasteiger partial charge in [0.05, 0.1) is 6.54 Å². The summed E-state index contributed by atoms with van der Waals surface area (Å²) >= 11 is 0. The molecule has 1 N–H and O–H groups in total. The fourth-order valence-corrected chi connectivity index (χ4v) is 3.13. The van der Waals surface area contributed by atoms with Gasteiger partial charge in [0.15, 0.2) is 0 Å². The van der Waals surface area contributed by atoms with Crippen LogP contribution in [0.2, 0.25) is 0 Å². The molecule has 0 radical (unpaired) electrons. The Bertz CT molecular complexity index is 294. The standard InChI is InChI=1S/C15H30N4O/c1-16-6-3-14-4-7-18(8-5-14)13-15(20)19-11-9-17(2)10-12-19/h14,16H,3-13H2,1-2H3. The molecule has 116 valence electrons. The highest BCUT2D eigenvalue weighted by Gasteiger charge is 2.24. The first-order valence-electron chi connectivity index (χ1n) is 8.02. The molecule has 20 heavy (non-hydrogen) atoms. The van der Waals surface area contributed by atoms with Gasteiger partial charge in [0, 0.05) is 26.2 Å². The van der Waals surface area contributed by atoms with Crippen LogP contribution in [-0.4, -0.2) is 87.1 Å². The van der Waals surface area contributed by atoms with Crippen LogP contribution in [0.5, 0.6) is 0 Å². The van der Waals surface area contributed by atoms with Crippen LogP contribution < -0.4 is 5.32 Å². The average molecular weight is 282 g/mol. The van der Waals surface area contributed by atoms with Crippen molar-refractivity contribution >= 4 is 5.91 Å². The van der Waals surface area contributed by atoms with Crippen molar-refractivity contribution in [1.82, 2.24) is 20.0 Å². The topological polar surface area (TPSA) is 38.8 Å². The quantitative estimate of drug-likeness (QED) is 0.775. The second kappa shape index (κ2) is 7.96. The lowest BCUT2D eigenvalue weighted by Crippen LogP contribution is -2.50. The Morgan fingerprint density at radius 1 is 1.10 bits per heavy atom. The molecule has 1 amide bonds. The highest BCUT2D eigenvalue weighted by molar-refractivity contribution is 5.78. The molecule has 0 spiro atoms. The number of likely N-dealkylation sites (N-methyl/N-ethyl adjacent to an activating group) is 1. The summed E-state index contributed by atoms with van der Waals surface area (Å²) in [6, 6.07) is 0. The van der Waals surface area contributed by atoms with E-state index in [-0.39, 0.29) is 0 Å². The number of rotatable bonds is 5. The van der Waals surface area contributed by atoms with Gasteiger partial charge >= 0.3 is 0 Å². The van der Waals surface area contributed by atoms with Crippen LogP contribution in [0.15, 0.2) is 0 Å². The van der Waals surface area contributed by atoms with Crippen LogP contribution in [0.4, 0.5) is 0 Å². The summed E-state index contributed by atoms with van der Waals surface area (Å²) in [5.74, 6) is 1.17. The van der Waals surface area contributed by atoms with Gasteiger partial charge in [-0.3, -0.25) is 9.69 Å². The van der Waals surface area contributed by atoms with E-state index in [0.717, 1.165) is 51.7 Å². The highest BCUT2D eigenvalue weighted by atomic mass is 16.2. The van der Waals surface area contributed by atoms with E-state index in [1.165, 1.54) is 19.3 Å². The van der Waals surface area contributed by atoms with Gasteiger partial charge in [-0.05, 0) is 58.9 Å². The third-order valence-corrected chi connectivity index (χ3v) is 4.72. The van der Waals surface area contributed by atoms with Crippen LogP contribution in [0.25, 0.3) is 0 Å². The van der Waals surface area contributed by atoms with Crippen molar-refractivity contribution in [3.05, 3.63) is 0 Å². The maximum Gasteiger partial charge on any atom is 0.236 e. The number of piperidine rings is 1. The molecule has 2 fully saturated rings. The Hall–Kier alpha value is -0.650. The summed E-state index contributed by atoms with van der Waals surface area (Å²) in [6.07, 6.45) is 3.77. The largest absolute Gasteiger partial charge is 0.339 e. The first-order chi connectivity index (χ1) is 9.69. The lowest BCUT2D eigenvalue weighted by atomic mass is 9.93. The van der Waals surface area contributed by atoms with Gasteiger partial charge in [0.25, 0.3) is 0 Å². The van der Waals surface area contributed by atoms with Crippen molar-refractivity contribution in [2.45, 2.75) is 19.3 Å². The van der Waals surface area contributed by atoms with E-state index >= 15 is 0 Å². The first-order valence-corrected chi connectivity index (χ1v) is 8.02. The fourth-order valence-electron chi connectivity index (χ4n) is 3.13. The summed E-state index contributed by atoms with van der Waals surface area (Å²) in [5, 5.41) is 3.23. The summed E-state index contributed by atoms with van der Waals surface area (Å²) in [4.78, 5) is 18.9. The van der Waals surface area contributed by atoms with Crippen molar-refractivity contribution in [2.24, 2.45) is 5.92 Å². The molecular weight excluding hydrogens is 252 g/mol. The van der Waals surface area contributed by atoms with E-state index < -0.39 is 0 Å². The van der Waals surface area contributed by atoms with Crippen LogP contribution in [-0.2, 0) is 4.79 Å². The van der Waals surface area contributed by atoms with Gasteiger partial charge < -0.3 is 15.1 Å². The Kier molecular flexibility index (Phi) is 6.26. The third kappa shape index (κ3) is 4.72. The van der Waals surface area contributed by atoms with E-state index in [9.17, 15) is 4.79 Å². The van der Waals surface area contributed by atoms with E-state index in [2.05, 4.69) is 22.2 Å². The maximum absolute atomic E-state index is 12.3. The molecule has 2 rings (SSSR count). The first kappa shape index (κ1) is 15.7. The number of hydrogen-bond donors (Lipinski definition) is 1. The zero-order valence-electron chi connectivity index (χ0n) is 13.1. The van der Waals surface area contributed by atoms with Crippen molar-refractivity contribution < 1.29 is 4.79 Å². The summed E-state index contributed by atoms with van der Waals surface area (Å²) < 4.78 is 0. The number of nitrogens with one attached hydrogen (secondary N) is 1. The van der Waals surface area contributed by atoms with E-state index in [1.54, 1.807) is 0 Å². The van der Waals surface area contributed by atoms with Gasteiger partial charge in [0.2, 0.25) is 5.91 Å². The second-order valence-corrected chi connectivity index (χ2v) is 6.30. The molecular formula is C15H30N4O. The van der Waals surface area contributed by atoms with Crippen molar-refractivity contribution in [2.75, 3.05) is 66.5 Å². The molecule has 5 heteroatoms. The minimum Gasteiger partial charge on any atom is -0.339 e. The second-order valence-electron chi connectivity index (χ2n) is 6.30. The van der Waals surface area contributed by atoms with Gasteiger partial charge in [-0.25, -0.2) is 0 Å². The predicted molar refractivity (Wildman–Crippen MR) is 81.8 cm³/mol. The number of carbonyl (C=O) groups is 1. The predicted octanol–water partition coefficient (Wildman–Crippen LogP) is 0.0819. The Labute approximate surface area is 123 Å². The number of carbonyl (C=O) groups excluding carboxylic acids is 1. The van der Waals surface area contributed by atoms with Crippen molar-refractivity contribution in [3.63, 3.8) is 0 Å². The highest BCUT2D eigenvalue weighted by Crippen LogP contribution is 2.19. The smallest absolute Gasteiger partial charge is 0.236 e. The molecule has 0 atom stereocenters. The number of amides is 1. The Morgan fingerprint density at radius 2 is 1.75 bits per heavy atom. The number of nitrogens with zero attached hydrogens (tertiary/aromatic N) is 3. The van der Waals surface area contributed by atoms with E-state index in [4.69, 9.17) is 0 Å². The van der Waals surface area contributed by atoms with Gasteiger partial charge in [-0.1, -0.05) is 0 Å². The van der Waals surface area contributed by atoms with Crippen LogP contribution >= 0.6 is 0 Å². The normalized spacial score (nSPS) is 23.2. The molecule has 5 nitrogen and oxygen atoms in total. The molecule has 0 bridgehead atoms. The molecule has 2 aliphatic heterocycles. The molecule has 0 saturated carbocycles. The van der Waals surface area contributed by atoms with Gasteiger partial charge in [-0.15, -0.1) is 0 Å². The lowest BCUT2D eigenvalue weighted by molar-refractivity contribution is -0.134. The number of likely N-dealkylation sites (tertiary alicyclic amines) is 1. The SMILES string of the molecule is CNCCC1CCN(CC(=O)N2CCN(C)CC2)CC1. The summed E-state index contributed by atoms with van der Waals surface area (Å²) in [7, 11) is 4.14. The lowest BCUT2D eigenvalue weighted by Gasteiger charge is -2.36. The molecule has 2 saturated heterocycles. The monoisotopic (exact) mass is 282 g/mol. The average Bonchev–Trinajstić information content (AvgIpc) is 2.47. The number of hydrogen-bond acceptors (Lipinski definition) is 4. The van der Waals surface area contributed by atoms with E-state index in [1.807, 2.05) is 11.9 Å². The molecule has 0 aliphatic carbocycles. The minimum absolute atomic E-state index is 0.326. The zero-order valence-corrected chi connectivity index (χ0v) is 13.1. The Balaban J connectivity index is 1.66. The summed E-state index contributed by atoms with van der Waals surface area (Å²) in [6.45, 7) is 7.74. The van der Waals surface area contributed by atoms with E-state index in [0.29, 0.717) is 12.5 Å². The molecule has 0 aromatic heterocycles. The number of piperazine rings is 1. The Morgan fingerprint density at radius 3 is 2.35 bits per heavy atom. The minimum atomic E-state index is 0.326. The van der Waals surface area contributed by atoms with Gasteiger partial charge in [-0.2, -0.15) is 0 Å². The summed E-state index contributed by atoms with van der Waals surface area (Å²) in [5.41, 5.74) is 0. The van der Waals surface area contributed by atoms with Gasteiger partial charge in [0.1, 0.15) is 0 Å². The molecule has 2 aliphatic rings. The zero-order chi connectivity index (χ0) is 14.4. The van der Waals surface area contributed by atoms with Crippen molar-refractivity contribution in [1.29, 1.82) is 0 Å². The van der Waals surface area contributed by atoms with Crippen LogP contribution in [0.1, 0.15) is 19.3 Å². The third-order valence-electron chi connectivity index (χ3n) is 4.72. The fraction of sp³-hybridized carbons (Fsp3) is 0.933. The molecule has 0 aromatic carbocycles. The molecule has 0 aromatic rings. The van der Waals surface area contributed by atoms with Crippen LogP contribution in [0.3, 0.4) is 0 Å². The molecule has 0 unspecified atom stereocenters.